The van der Waals surface area contributed by atoms with Gasteiger partial charge in [0.25, 0.3) is 0 Å². The molecule has 0 aromatic heterocycles. The highest BCUT2D eigenvalue weighted by molar-refractivity contribution is 5.87. The average molecular weight is 334 g/mol. The Bertz CT molecular complexity index is 481. The van der Waals surface area contributed by atoms with E-state index in [2.05, 4.69) is 35.5 Å². The Hall–Kier alpha value is -1.66. The van der Waals surface area contributed by atoms with Crippen LogP contribution in [0.3, 0.4) is 0 Å². The second-order valence-electron chi connectivity index (χ2n) is 6.82. The van der Waals surface area contributed by atoms with E-state index in [1.54, 1.807) is 6.08 Å². The van der Waals surface area contributed by atoms with Crippen LogP contribution in [-0.4, -0.2) is 84.4 Å². The fourth-order valence-electron chi connectivity index (χ4n) is 3.24. The molecule has 2 heterocycles. The maximum atomic E-state index is 12.2. The Morgan fingerprint density at radius 1 is 1.21 bits per heavy atom. The van der Waals surface area contributed by atoms with Gasteiger partial charge in [-0.15, -0.1) is 0 Å². The van der Waals surface area contributed by atoms with Gasteiger partial charge in [-0.3, -0.25) is 19.4 Å². The molecule has 1 unspecified atom stereocenters. The van der Waals surface area contributed by atoms with E-state index < -0.39 is 0 Å². The topological polar surface area (TPSA) is 55.9 Å². The number of amides is 2. The number of carbonyl (C=O) groups is 2. The number of carbonyl (C=O) groups excluding carboxylic acids is 2. The summed E-state index contributed by atoms with van der Waals surface area (Å²) in [5.41, 5.74) is 0. The summed E-state index contributed by atoms with van der Waals surface area (Å²) in [6.07, 6.45) is 5.88. The third-order valence-corrected chi connectivity index (χ3v) is 4.78. The van der Waals surface area contributed by atoms with Gasteiger partial charge >= 0.3 is 0 Å². The van der Waals surface area contributed by atoms with Crippen LogP contribution < -0.4 is 5.32 Å². The molecule has 2 fully saturated rings. The molecule has 2 aliphatic heterocycles. The number of piperazine rings is 1. The molecule has 0 aliphatic carbocycles. The number of nitrogens with zero attached hydrogens (tertiary/aromatic N) is 3. The monoisotopic (exact) mass is 334 g/mol. The highest BCUT2D eigenvalue weighted by atomic mass is 16.2. The molecule has 134 valence electrons. The maximum absolute atomic E-state index is 12.2. The van der Waals surface area contributed by atoms with Gasteiger partial charge in [-0.1, -0.05) is 12.7 Å². The first-order chi connectivity index (χ1) is 11.5. The molecule has 6 heteroatoms. The number of hydrogen-bond donors (Lipinski definition) is 1. The van der Waals surface area contributed by atoms with Crippen LogP contribution in [0.25, 0.3) is 0 Å². The highest BCUT2D eigenvalue weighted by Gasteiger charge is 2.23. The van der Waals surface area contributed by atoms with Crippen LogP contribution in [0, 0.1) is 0 Å². The lowest BCUT2D eigenvalue weighted by Crippen LogP contribution is -2.50. The van der Waals surface area contributed by atoms with Crippen molar-refractivity contribution in [3.63, 3.8) is 0 Å². The Kier molecular flexibility index (Phi) is 6.99. The van der Waals surface area contributed by atoms with Crippen LogP contribution in [0.15, 0.2) is 24.8 Å². The molecule has 0 spiro atoms. The van der Waals surface area contributed by atoms with Gasteiger partial charge < -0.3 is 10.2 Å². The summed E-state index contributed by atoms with van der Waals surface area (Å²) in [4.78, 5) is 30.1. The zero-order valence-corrected chi connectivity index (χ0v) is 14.9. The highest BCUT2D eigenvalue weighted by Crippen LogP contribution is 2.09. The molecule has 0 aromatic rings. The summed E-state index contributed by atoms with van der Waals surface area (Å²) in [6.45, 7) is 13.9. The number of rotatable bonds is 6. The first-order valence-electron chi connectivity index (χ1n) is 8.84. The summed E-state index contributed by atoms with van der Waals surface area (Å²) in [5, 5.41) is 2.92. The Balaban J connectivity index is 1.68. The predicted molar refractivity (Wildman–Crippen MR) is 95.6 cm³/mol. The molecule has 2 amide bonds. The minimum Gasteiger partial charge on any atom is -0.349 e. The van der Waals surface area contributed by atoms with E-state index in [4.69, 9.17) is 0 Å². The van der Waals surface area contributed by atoms with Crippen LogP contribution in [0.5, 0.6) is 0 Å². The third kappa shape index (κ3) is 5.46. The van der Waals surface area contributed by atoms with E-state index in [-0.39, 0.29) is 17.9 Å². The van der Waals surface area contributed by atoms with E-state index in [0.29, 0.717) is 6.04 Å². The summed E-state index contributed by atoms with van der Waals surface area (Å²) < 4.78 is 0. The van der Waals surface area contributed by atoms with Crippen LogP contribution in [0.4, 0.5) is 0 Å². The van der Waals surface area contributed by atoms with Gasteiger partial charge in [0, 0.05) is 64.0 Å². The van der Waals surface area contributed by atoms with Gasteiger partial charge in [0.05, 0.1) is 0 Å². The lowest BCUT2D eigenvalue weighted by molar-refractivity contribution is -0.128. The number of nitrogens with one attached hydrogen (secondary N) is 1. The molecule has 0 bridgehead atoms. The molecule has 1 N–H and O–H groups in total. The van der Waals surface area contributed by atoms with E-state index >= 15 is 0 Å². The zero-order valence-electron chi connectivity index (χ0n) is 14.9. The fourth-order valence-corrected chi connectivity index (χ4v) is 3.24. The molecule has 6 nitrogen and oxygen atoms in total. The molecule has 2 rings (SSSR count). The first kappa shape index (κ1) is 18.7. The van der Waals surface area contributed by atoms with Crippen LogP contribution in [0.2, 0.25) is 0 Å². The summed E-state index contributed by atoms with van der Waals surface area (Å²) in [6, 6.07) is 0.728. The fraction of sp³-hybridized carbons (Fsp3) is 0.667. The van der Waals surface area contributed by atoms with Crippen molar-refractivity contribution in [2.45, 2.75) is 32.4 Å². The molecule has 0 aromatic carbocycles. The van der Waals surface area contributed by atoms with Gasteiger partial charge in [-0.05, 0) is 26.3 Å². The third-order valence-electron chi connectivity index (χ3n) is 4.78. The van der Waals surface area contributed by atoms with Crippen molar-refractivity contribution in [2.24, 2.45) is 0 Å². The second-order valence-corrected chi connectivity index (χ2v) is 6.82. The minimum absolute atomic E-state index is 0.106. The Morgan fingerprint density at radius 3 is 2.54 bits per heavy atom. The van der Waals surface area contributed by atoms with Gasteiger partial charge in [-0.25, -0.2) is 0 Å². The summed E-state index contributed by atoms with van der Waals surface area (Å²) in [5.74, 6) is -0.0118. The van der Waals surface area contributed by atoms with Crippen molar-refractivity contribution in [1.29, 1.82) is 0 Å². The lowest BCUT2D eigenvalue weighted by atomic mass is 10.2. The standard InChI is InChI=1S/C18H30N4O2/c1-4-17(23)19-16-7-9-20(14-16)8-5-6-18(24)22-12-10-21(11-13-22)15(2)3/h4-6,15-16H,1,7-14H2,2-3H3,(H,19,23)/b6-5-. The van der Waals surface area contributed by atoms with Crippen molar-refractivity contribution in [3.8, 4) is 0 Å². The first-order valence-corrected chi connectivity index (χ1v) is 8.84. The number of likely N-dealkylation sites (tertiary alicyclic amines) is 1. The normalized spacial score (nSPS) is 23.1. The molecular formula is C18H30N4O2. The predicted octanol–water partition coefficient (Wildman–Crippen LogP) is 0.472. The van der Waals surface area contributed by atoms with E-state index in [1.165, 1.54) is 6.08 Å². The van der Waals surface area contributed by atoms with Crippen molar-refractivity contribution in [2.75, 3.05) is 45.8 Å². The van der Waals surface area contributed by atoms with Gasteiger partial charge in [0.1, 0.15) is 0 Å². The average Bonchev–Trinajstić information content (AvgIpc) is 3.02. The van der Waals surface area contributed by atoms with Crippen LogP contribution in [-0.2, 0) is 9.59 Å². The quantitative estimate of drug-likeness (QED) is 0.718. The lowest BCUT2D eigenvalue weighted by Gasteiger charge is -2.36. The van der Waals surface area contributed by atoms with Gasteiger partial charge in [0.15, 0.2) is 0 Å². The smallest absolute Gasteiger partial charge is 0.246 e. The van der Waals surface area contributed by atoms with Crippen molar-refractivity contribution in [3.05, 3.63) is 24.8 Å². The van der Waals surface area contributed by atoms with E-state index in [9.17, 15) is 9.59 Å². The molecule has 0 radical (unpaired) electrons. The second kappa shape index (κ2) is 8.99. The molecule has 0 saturated carbocycles. The molecule has 2 saturated heterocycles. The largest absolute Gasteiger partial charge is 0.349 e. The molecule has 24 heavy (non-hydrogen) atoms. The van der Waals surface area contributed by atoms with Crippen molar-refractivity contribution >= 4 is 11.8 Å². The summed E-state index contributed by atoms with van der Waals surface area (Å²) >= 11 is 0. The van der Waals surface area contributed by atoms with E-state index in [1.807, 2.05) is 11.0 Å². The van der Waals surface area contributed by atoms with Crippen LogP contribution >= 0.6 is 0 Å². The number of hydrogen-bond acceptors (Lipinski definition) is 4. The van der Waals surface area contributed by atoms with Crippen LogP contribution in [0.1, 0.15) is 20.3 Å². The van der Waals surface area contributed by atoms with E-state index in [0.717, 1.165) is 52.2 Å². The van der Waals surface area contributed by atoms with Gasteiger partial charge in [0.2, 0.25) is 11.8 Å². The molecule has 1 atom stereocenters. The zero-order chi connectivity index (χ0) is 17.5. The van der Waals surface area contributed by atoms with Crippen molar-refractivity contribution < 1.29 is 9.59 Å². The minimum atomic E-state index is -0.117. The SMILES string of the molecule is C=CC(=O)NC1CCN(C/C=C\C(=O)N2CCN(C(C)C)CC2)C1. The van der Waals surface area contributed by atoms with Crippen molar-refractivity contribution in [1.82, 2.24) is 20.0 Å². The molecule has 2 aliphatic rings. The summed E-state index contributed by atoms with van der Waals surface area (Å²) in [7, 11) is 0. The maximum Gasteiger partial charge on any atom is 0.246 e. The van der Waals surface area contributed by atoms with Gasteiger partial charge in [-0.2, -0.15) is 0 Å². The molecular weight excluding hydrogens is 304 g/mol. The Morgan fingerprint density at radius 2 is 1.92 bits per heavy atom. The Labute approximate surface area is 145 Å².